The fourth-order valence-electron chi connectivity index (χ4n) is 1.52. The van der Waals surface area contributed by atoms with E-state index in [2.05, 4.69) is 23.2 Å². The second-order valence-corrected chi connectivity index (χ2v) is 4.23. The molecule has 0 saturated heterocycles. The highest BCUT2D eigenvalue weighted by atomic mass is 35.5. The van der Waals surface area contributed by atoms with Crippen molar-refractivity contribution in [2.45, 2.75) is 25.7 Å². The van der Waals surface area contributed by atoms with E-state index in [0.29, 0.717) is 0 Å². The van der Waals surface area contributed by atoms with Crippen molar-refractivity contribution in [3.05, 3.63) is 0 Å². The highest BCUT2D eigenvalue weighted by molar-refractivity contribution is 6.97. The number of carbonyl (C=O) groups is 3. The quantitative estimate of drug-likeness (QED) is 0.449. The summed E-state index contributed by atoms with van der Waals surface area (Å²) >= 11 is 8.98. The largest absolute Gasteiger partial charge is 0.304 e. The van der Waals surface area contributed by atoms with Crippen LogP contribution < -0.4 is 0 Å². The van der Waals surface area contributed by atoms with Gasteiger partial charge in [0.25, 0.3) is 0 Å². The Morgan fingerprint density at radius 3 is 1.82 bits per heavy atom. The number of hydrogen-bond donors (Lipinski definition) is 0. The van der Waals surface area contributed by atoms with Gasteiger partial charge in [-0.1, -0.05) is 12.8 Å². The summed E-state index contributed by atoms with van der Waals surface area (Å²) in [5.74, 6) is 0.352. The SMILES string of the molecule is CON(C)C(=O)C1CCCC1.O=C(Cl)C(=O)Cl. The molecule has 1 aliphatic carbocycles. The normalized spacial score (nSPS) is 14.8. The Morgan fingerprint density at radius 2 is 1.53 bits per heavy atom. The minimum atomic E-state index is -1.14. The zero-order valence-corrected chi connectivity index (χ0v) is 11.3. The number of hydrogen-bond acceptors (Lipinski definition) is 4. The number of halogens is 2. The van der Waals surface area contributed by atoms with Crippen LogP contribution in [0.2, 0.25) is 0 Å². The molecule has 0 radical (unpaired) electrons. The molecule has 1 amide bonds. The molecule has 5 nitrogen and oxygen atoms in total. The van der Waals surface area contributed by atoms with Crippen molar-refractivity contribution in [1.82, 2.24) is 5.06 Å². The second-order valence-electron chi connectivity index (χ2n) is 3.55. The molecule has 0 N–H and O–H groups in total. The lowest BCUT2D eigenvalue weighted by Crippen LogP contribution is -2.30. The lowest BCUT2D eigenvalue weighted by Gasteiger charge is -2.17. The van der Waals surface area contributed by atoms with Gasteiger partial charge in [-0.3, -0.25) is 19.2 Å². The van der Waals surface area contributed by atoms with Crippen molar-refractivity contribution in [2.24, 2.45) is 5.92 Å². The summed E-state index contributed by atoms with van der Waals surface area (Å²) in [5.41, 5.74) is 0. The fraction of sp³-hybridized carbons (Fsp3) is 0.700. The molecule has 0 bridgehead atoms. The van der Waals surface area contributed by atoms with Crippen LogP contribution in [0.25, 0.3) is 0 Å². The monoisotopic (exact) mass is 283 g/mol. The van der Waals surface area contributed by atoms with Crippen molar-refractivity contribution < 1.29 is 19.2 Å². The molecule has 1 saturated carbocycles. The number of amides is 1. The molecule has 17 heavy (non-hydrogen) atoms. The predicted molar refractivity (Wildman–Crippen MR) is 63.5 cm³/mol. The van der Waals surface area contributed by atoms with Crippen molar-refractivity contribution in [3.8, 4) is 0 Å². The Labute approximate surface area is 110 Å². The number of hydroxylamine groups is 2. The van der Waals surface area contributed by atoms with Crippen molar-refractivity contribution in [1.29, 1.82) is 0 Å². The second kappa shape index (κ2) is 8.44. The van der Waals surface area contributed by atoms with Gasteiger partial charge < -0.3 is 0 Å². The minimum Gasteiger partial charge on any atom is -0.275 e. The molecule has 0 heterocycles. The Kier molecular flexibility index (Phi) is 8.12. The Morgan fingerprint density at radius 1 is 1.12 bits per heavy atom. The molecule has 1 aliphatic rings. The molecule has 0 atom stereocenters. The van der Waals surface area contributed by atoms with Crippen LogP contribution >= 0.6 is 23.2 Å². The summed E-state index contributed by atoms with van der Waals surface area (Å²) in [7, 11) is 3.19. The van der Waals surface area contributed by atoms with Crippen molar-refractivity contribution in [3.63, 3.8) is 0 Å². The average Bonchev–Trinajstić information content (AvgIpc) is 2.81. The van der Waals surface area contributed by atoms with Crippen molar-refractivity contribution >= 4 is 39.6 Å². The first-order valence-electron chi connectivity index (χ1n) is 5.11. The Balaban J connectivity index is 0.000000366. The fourth-order valence-corrected chi connectivity index (χ4v) is 1.52. The molecular weight excluding hydrogens is 269 g/mol. The van der Waals surface area contributed by atoms with Crippen LogP contribution in [0.3, 0.4) is 0 Å². The van der Waals surface area contributed by atoms with E-state index >= 15 is 0 Å². The highest BCUT2D eigenvalue weighted by Crippen LogP contribution is 2.25. The first-order valence-corrected chi connectivity index (χ1v) is 5.86. The van der Waals surface area contributed by atoms with Gasteiger partial charge in [0.1, 0.15) is 0 Å². The summed E-state index contributed by atoms with van der Waals surface area (Å²) in [4.78, 5) is 35.0. The van der Waals surface area contributed by atoms with Crippen LogP contribution in [0.4, 0.5) is 0 Å². The summed E-state index contributed by atoms with van der Waals surface area (Å²) in [5, 5.41) is -0.955. The van der Waals surface area contributed by atoms with Gasteiger partial charge in [-0.15, -0.1) is 0 Å². The zero-order valence-electron chi connectivity index (χ0n) is 9.74. The van der Waals surface area contributed by atoms with Gasteiger partial charge in [-0.2, -0.15) is 0 Å². The molecule has 1 rings (SSSR count). The standard InChI is InChI=1S/C8H15NO2.C2Cl2O2/c1-9(11-2)8(10)7-5-3-4-6-7;3-1(5)2(4)6/h7H,3-6H2,1-2H3;. The van der Waals surface area contributed by atoms with E-state index in [1.54, 1.807) is 7.05 Å². The molecular formula is C10H15Cl2NO4. The minimum absolute atomic E-state index is 0.130. The predicted octanol–water partition coefficient (Wildman–Crippen LogP) is 1.71. The lowest BCUT2D eigenvalue weighted by molar-refractivity contribution is -0.173. The molecule has 98 valence electrons. The van der Waals surface area contributed by atoms with Gasteiger partial charge in [0.2, 0.25) is 5.91 Å². The number of nitrogens with zero attached hydrogens (tertiary/aromatic N) is 1. The third-order valence-electron chi connectivity index (χ3n) is 2.44. The van der Waals surface area contributed by atoms with E-state index in [4.69, 9.17) is 4.84 Å². The first kappa shape index (κ1) is 16.4. The van der Waals surface area contributed by atoms with Crippen molar-refractivity contribution in [2.75, 3.05) is 14.2 Å². The van der Waals surface area contributed by atoms with Crippen LogP contribution in [0, 0.1) is 5.92 Å². The van der Waals surface area contributed by atoms with Gasteiger partial charge in [-0.25, -0.2) is 5.06 Å². The molecule has 0 aromatic carbocycles. The molecule has 0 aliphatic heterocycles. The van der Waals surface area contributed by atoms with Gasteiger partial charge >= 0.3 is 10.5 Å². The van der Waals surface area contributed by atoms with Gasteiger partial charge in [-0.05, 0) is 36.0 Å². The molecule has 0 spiro atoms. The smallest absolute Gasteiger partial charge is 0.275 e. The topological polar surface area (TPSA) is 63.7 Å². The van der Waals surface area contributed by atoms with Gasteiger partial charge in [0.15, 0.2) is 0 Å². The van der Waals surface area contributed by atoms with Crippen LogP contribution in [-0.2, 0) is 19.2 Å². The molecule has 7 heteroatoms. The maximum absolute atomic E-state index is 11.4. The van der Waals surface area contributed by atoms with Crippen LogP contribution in [-0.4, -0.2) is 35.6 Å². The summed E-state index contributed by atoms with van der Waals surface area (Å²) < 4.78 is 0. The maximum atomic E-state index is 11.4. The number of carbonyl (C=O) groups excluding carboxylic acids is 3. The zero-order chi connectivity index (χ0) is 13.4. The van der Waals surface area contributed by atoms with E-state index in [9.17, 15) is 14.4 Å². The van der Waals surface area contributed by atoms with E-state index in [1.165, 1.54) is 25.0 Å². The highest BCUT2D eigenvalue weighted by Gasteiger charge is 2.25. The van der Waals surface area contributed by atoms with Gasteiger partial charge in [0.05, 0.1) is 7.11 Å². The van der Waals surface area contributed by atoms with Gasteiger partial charge in [0, 0.05) is 13.0 Å². The first-order chi connectivity index (χ1) is 7.90. The van der Waals surface area contributed by atoms with E-state index in [-0.39, 0.29) is 11.8 Å². The summed E-state index contributed by atoms with van der Waals surface area (Å²) in [6.07, 6.45) is 4.45. The maximum Gasteiger partial charge on any atom is 0.304 e. The van der Waals surface area contributed by atoms with E-state index in [0.717, 1.165) is 12.8 Å². The van der Waals surface area contributed by atoms with E-state index < -0.39 is 10.5 Å². The Bertz CT molecular complexity index is 278. The number of rotatable bonds is 3. The van der Waals surface area contributed by atoms with E-state index in [1.807, 2.05) is 0 Å². The molecule has 0 aromatic rings. The molecule has 1 fully saturated rings. The Hall–Kier alpha value is -0.650. The molecule has 0 unspecified atom stereocenters. The summed E-state index contributed by atoms with van der Waals surface area (Å²) in [6.45, 7) is 0. The van der Waals surface area contributed by atoms with Crippen LogP contribution in [0.1, 0.15) is 25.7 Å². The lowest BCUT2D eigenvalue weighted by atomic mass is 10.1. The third kappa shape index (κ3) is 6.61. The third-order valence-corrected chi connectivity index (χ3v) is 2.88. The summed E-state index contributed by atoms with van der Waals surface area (Å²) in [6, 6.07) is 0. The molecule has 0 aromatic heterocycles. The van der Waals surface area contributed by atoms with Crippen LogP contribution in [0.15, 0.2) is 0 Å². The van der Waals surface area contributed by atoms with Crippen LogP contribution in [0.5, 0.6) is 0 Å². The average molecular weight is 284 g/mol.